The van der Waals surface area contributed by atoms with E-state index >= 15 is 0 Å². The lowest BCUT2D eigenvalue weighted by Gasteiger charge is -2.17. The second-order valence-electron chi connectivity index (χ2n) is 6.52. The molecule has 2 rings (SSSR count). The zero-order valence-electron chi connectivity index (χ0n) is 12.9. The molecule has 2 aliphatic rings. The van der Waals surface area contributed by atoms with E-state index in [2.05, 4.69) is 0 Å². The molecular formula is C15H26O5. The van der Waals surface area contributed by atoms with E-state index in [1.807, 2.05) is 27.7 Å². The smallest absolute Gasteiger partial charge is 0.163 e. The molecule has 0 N–H and O–H groups in total. The van der Waals surface area contributed by atoms with Crippen LogP contribution in [0.15, 0.2) is 0 Å². The summed E-state index contributed by atoms with van der Waals surface area (Å²) in [6.07, 6.45) is 2.63. The van der Waals surface area contributed by atoms with Gasteiger partial charge in [-0.3, -0.25) is 4.79 Å². The Kier molecular flexibility index (Phi) is 4.84. The molecule has 116 valence electrons. The molecule has 20 heavy (non-hydrogen) atoms. The van der Waals surface area contributed by atoms with Gasteiger partial charge < -0.3 is 18.9 Å². The normalized spacial score (nSPS) is 31.6. The molecule has 0 bridgehead atoms. The molecule has 0 saturated carbocycles. The number of carbonyl (C=O) groups excluding carboxylic acids is 1. The first-order valence-corrected chi connectivity index (χ1v) is 7.41. The van der Waals surface area contributed by atoms with Gasteiger partial charge in [0.05, 0.1) is 25.4 Å². The fourth-order valence-corrected chi connectivity index (χ4v) is 2.58. The van der Waals surface area contributed by atoms with Gasteiger partial charge in [-0.2, -0.15) is 0 Å². The van der Waals surface area contributed by atoms with E-state index in [4.69, 9.17) is 18.9 Å². The third kappa shape index (κ3) is 4.81. The van der Waals surface area contributed by atoms with Crippen molar-refractivity contribution >= 4 is 5.78 Å². The highest BCUT2D eigenvalue weighted by atomic mass is 16.7. The highest BCUT2D eigenvalue weighted by Crippen LogP contribution is 2.26. The van der Waals surface area contributed by atoms with Crippen LogP contribution in [0.2, 0.25) is 0 Å². The van der Waals surface area contributed by atoms with Crippen molar-refractivity contribution in [3.63, 3.8) is 0 Å². The monoisotopic (exact) mass is 286 g/mol. The van der Waals surface area contributed by atoms with Crippen LogP contribution < -0.4 is 0 Å². The predicted octanol–water partition coefficient (Wildman–Crippen LogP) is 2.42. The van der Waals surface area contributed by atoms with Crippen LogP contribution in [-0.4, -0.2) is 42.8 Å². The molecule has 5 nitrogen and oxygen atoms in total. The number of ketones is 1. The van der Waals surface area contributed by atoms with Crippen molar-refractivity contribution in [3.8, 4) is 0 Å². The molecule has 0 radical (unpaired) electrons. The van der Waals surface area contributed by atoms with Gasteiger partial charge in [-0.25, -0.2) is 0 Å². The highest BCUT2D eigenvalue weighted by molar-refractivity contribution is 5.78. The molecule has 5 heteroatoms. The standard InChI is InChI=1S/C15H26O5/c1-14(2)17-9-12(19-14)7-5-11(16)6-8-13-10-18-15(3,4)20-13/h12-13H,5-10H2,1-4H3/t12-,13-/m0/s1. The van der Waals surface area contributed by atoms with Crippen LogP contribution in [0.25, 0.3) is 0 Å². The summed E-state index contributed by atoms with van der Waals surface area (Å²) in [5, 5.41) is 0. The Morgan fingerprint density at radius 1 is 0.900 bits per heavy atom. The zero-order valence-corrected chi connectivity index (χ0v) is 12.9. The second-order valence-corrected chi connectivity index (χ2v) is 6.52. The Labute approximate surface area is 120 Å². The maximum Gasteiger partial charge on any atom is 0.163 e. The molecule has 2 saturated heterocycles. The molecule has 0 aliphatic carbocycles. The van der Waals surface area contributed by atoms with Crippen molar-refractivity contribution in [2.75, 3.05) is 13.2 Å². The van der Waals surface area contributed by atoms with Crippen molar-refractivity contribution in [1.82, 2.24) is 0 Å². The molecule has 2 heterocycles. The minimum absolute atomic E-state index is 0.0407. The van der Waals surface area contributed by atoms with Crippen molar-refractivity contribution in [2.24, 2.45) is 0 Å². The second kappa shape index (κ2) is 6.10. The number of Topliss-reactive ketones (excluding diaryl/α,β-unsaturated/α-hetero) is 1. The summed E-state index contributed by atoms with van der Waals surface area (Å²) in [5.74, 6) is -0.755. The van der Waals surface area contributed by atoms with Crippen LogP contribution in [0.4, 0.5) is 0 Å². The molecule has 0 aromatic carbocycles. The third-order valence-electron chi connectivity index (χ3n) is 3.62. The van der Waals surface area contributed by atoms with Crippen LogP contribution in [0, 0.1) is 0 Å². The van der Waals surface area contributed by atoms with E-state index in [0.717, 1.165) is 12.8 Å². The largest absolute Gasteiger partial charge is 0.348 e. The van der Waals surface area contributed by atoms with E-state index in [1.165, 1.54) is 0 Å². The highest BCUT2D eigenvalue weighted by Gasteiger charge is 2.34. The summed E-state index contributed by atoms with van der Waals surface area (Å²) in [7, 11) is 0. The number of hydrogen-bond acceptors (Lipinski definition) is 5. The maximum atomic E-state index is 11.9. The van der Waals surface area contributed by atoms with Gasteiger partial charge in [0.25, 0.3) is 0 Å². The average molecular weight is 286 g/mol. The van der Waals surface area contributed by atoms with Crippen LogP contribution in [0.5, 0.6) is 0 Å². The van der Waals surface area contributed by atoms with Gasteiger partial charge >= 0.3 is 0 Å². The molecular weight excluding hydrogens is 260 g/mol. The summed E-state index contributed by atoms with van der Waals surface area (Å²) >= 11 is 0. The first-order chi connectivity index (χ1) is 9.26. The van der Waals surface area contributed by atoms with E-state index in [1.54, 1.807) is 0 Å². The SMILES string of the molecule is CC1(C)OC[C@H](CCC(=O)CC[C@H]2COC(C)(C)O2)O1. The van der Waals surface area contributed by atoms with Crippen LogP contribution >= 0.6 is 0 Å². The van der Waals surface area contributed by atoms with E-state index in [0.29, 0.717) is 26.1 Å². The molecule has 0 unspecified atom stereocenters. The third-order valence-corrected chi connectivity index (χ3v) is 3.62. The quantitative estimate of drug-likeness (QED) is 0.750. The fraction of sp³-hybridized carbons (Fsp3) is 0.933. The van der Waals surface area contributed by atoms with Gasteiger partial charge in [-0.05, 0) is 40.5 Å². The van der Waals surface area contributed by atoms with Crippen molar-refractivity contribution in [1.29, 1.82) is 0 Å². The molecule has 2 atom stereocenters. The summed E-state index contributed by atoms with van der Waals surface area (Å²) in [5.41, 5.74) is 0. The Morgan fingerprint density at radius 3 is 1.60 bits per heavy atom. The Balaban J connectivity index is 1.59. The van der Waals surface area contributed by atoms with E-state index < -0.39 is 11.6 Å². The van der Waals surface area contributed by atoms with E-state index in [-0.39, 0.29) is 18.0 Å². The zero-order chi connectivity index (χ0) is 14.8. The molecule has 2 fully saturated rings. The van der Waals surface area contributed by atoms with Gasteiger partial charge in [0.1, 0.15) is 5.78 Å². The lowest BCUT2D eigenvalue weighted by Crippen LogP contribution is -2.22. The molecule has 2 aliphatic heterocycles. The lowest BCUT2D eigenvalue weighted by atomic mass is 10.1. The average Bonchev–Trinajstić information content (AvgIpc) is 2.86. The van der Waals surface area contributed by atoms with Gasteiger partial charge in [-0.1, -0.05) is 0 Å². The molecule has 0 amide bonds. The summed E-state index contributed by atoms with van der Waals surface area (Å²) in [4.78, 5) is 11.9. The molecule has 0 spiro atoms. The van der Waals surface area contributed by atoms with Crippen LogP contribution in [0.1, 0.15) is 53.4 Å². The first-order valence-electron chi connectivity index (χ1n) is 7.41. The summed E-state index contributed by atoms with van der Waals surface area (Å²) in [6.45, 7) is 8.74. The predicted molar refractivity (Wildman–Crippen MR) is 73.3 cm³/mol. The van der Waals surface area contributed by atoms with Gasteiger partial charge in [-0.15, -0.1) is 0 Å². The lowest BCUT2D eigenvalue weighted by molar-refractivity contribution is -0.141. The Morgan fingerprint density at radius 2 is 1.30 bits per heavy atom. The summed E-state index contributed by atoms with van der Waals surface area (Å²) < 4.78 is 22.3. The minimum atomic E-state index is -0.506. The van der Waals surface area contributed by atoms with Crippen LogP contribution in [-0.2, 0) is 23.7 Å². The fourth-order valence-electron chi connectivity index (χ4n) is 2.58. The van der Waals surface area contributed by atoms with Gasteiger partial charge in [0, 0.05) is 12.8 Å². The first kappa shape index (κ1) is 15.9. The van der Waals surface area contributed by atoms with Crippen molar-refractivity contribution in [2.45, 2.75) is 77.2 Å². The Hall–Kier alpha value is -0.490. The van der Waals surface area contributed by atoms with Crippen LogP contribution in [0.3, 0.4) is 0 Å². The van der Waals surface area contributed by atoms with Crippen molar-refractivity contribution in [3.05, 3.63) is 0 Å². The number of carbonyl (C=O) groups is 1. The number of rotatable bonds is 6. The molecule has 0 aromatic heterocycles. The van der Waals surface area contributed by atoms with E-state index in [9.17, 15) is 4.79 Å². The minimum Gasteiger partial charge on any atom is -0.348 e. The Bertz CT molecular complexity index is 318. The van der Waals surface area contributed by atoms with Crippen molar-refractivity contribution < 1.29 is 23.7 Å². The maximum absolute atomic E-state index is 11.9. The summed E-state index contributed by atoms with van der Waals surface area (Å²) in [6, 6.07) is 0. The number of ether oxygens (including phenoxy) is 4. The van der Waals surface area contributed by atoms with Gasteiger partial charge in [0.2, 0.25) is 0 Å². The van der Waals surface area contributed by atoms with Gasteiger partial charge in [0.15, 0.2) is 11.6 Å². The topological polar surface area (TPSA) is 54.0 Å². The number of hydrogen-bond donors (Lipinski definition) is 0. The molecule has 0 aromatic rings.